The largest absolute Gasteiger partial charge is 0.588 e. The van der Waals surface area contributed by atoms with Crippen LogP contribution in [0.2, 0.25) is 0 Å². The fourth-order valence-corrected chi connectivity index (χ4v) is 5.04. The Kier molecular flexibility index (Phi) is 6.04. The number of hydrogen-bond acceptors (Lipinski definition) is 4. The van der Waals surface area contributed by atoms with E-state index in [1.54, 1.807) is 37.2 Å². The molecule has 8 heteroatoms. The van der Waals surface area contributed by atoms with Crippen LogP contribution in [0.5, 0.6) is 0 Å². The van der Waals surface area contributed by atoms with Crippen LogP contribution in [0.3, 0.4) is 0 Å². The number of halogens is 2. The number of furan rings is 1. The summed E-state index contributed by atoms with van der Waals surface area (Å²) in [5.41, 5.74) is 1.91. The minimum absolute atomic E-state index is 0.0347. The highest BCUT2D eigenvalue weighted by Crippen LogP contribution is 2.36. The van der Waals surface area contributed by atoms with Crippen molar-refractivity contribution >= 4 is 49.9 Å². The molecular weight excluding hydrogens is 483 g/mol. The van der Waals surface area contributed by atoms with Gasteiger partial charge >= 0.3 is 5.91 Å². The van der Waals surface area contributed by atoms with Gasteiger partial charge in [0, 0.05) is 29.5 Å². The van der Waals surface area contributed by atoms with Gasteiger partial charge in [0.15, 0.2) is 22.1 Å². The van der Waals surface area contributed by atoms with Crippen LogP contribution in [0.25, 0.3) is 22.1 Å². The van der Waals surface area contributed by atoms with Crippen LogP contribution in [0, 0.1) is 5.82 Å². The van der Waals surface area contributed by atoms with Gasteiger partial charge in [-0.1, -0.05) is 42.5 Å². The summed E-state index contributed by atoms with van der Waals surface area (Å²) in [6.45, 7) is 0. The monoisotopic (exact) mass is 500 g/mol. The molecule has 0 spiro atoms. The van der Waals surface area contributed by atoms with E-state index in [4.69, 9.17) is 4.42 Å². The van der Waals surface area contributed by atoms with Gasteiger partial charge in [0.25, 0.3) is 0 Å². The van der Waals surface area contributed by atoms with E-state index in [0.29, 0.717) is 20.4 Å². The van der Waals surface area contributed by atoms with Crippen molar-refractivity contribution in [2.45, 2.75) is 4.90 Å². The number of carbonyl (C=O) groups is 1. The Balaban J connectivity index is 1.64. The third kappa shape index (κ3) is 4.19. The van der Waals surface area contributed by atoms with Gasteiger partial charge in [-0.2, -0.15) is 4.72 Å². The first-order chi connectivity index (χ1) is 14.9. The van der Waals surface area contributed by atoms with Gasteiger partial charge in [-0.25, -0.2) is 4.39 Å². The van der Waals surface area contributed by atoms with Gasteiger partial charge in [0.05, 0.1) is 5.69 Å². The van der Waals surface area contributed by atoms with Crippen LogP contribution in [0.1, 0.15) is 10.6 Å². The highest BCUT2D eigenvalue weighted by atomic mass is 79.9. The summed E-state index contributed by atoms with van der Waals surface area (Å²) in [5, 5.41) is 0.426. The summed E-state index contributed by atoms with van der Waals surface area (Å²) < 4.78 is 36.3. The second kappa shape index (κ2) is 8.74. The van der Waals surface area contributed by atoms with Crippen molar-refractivity contribution in [2.75, 3.05) is 19.0 Å². The fraction of sp³-hybridized carbons (Fsp3) is 0.0870. The van der Waals surface area contributed by atoms with Crippen molar-refractivity contribution in [1.29, 1.82) is 0 Å². The molecule has 3 aromatic carbocycles. The summed E-state index contributed by atoms with van der Waals surface area (Å²) >= 11 is 1.50. The molecule has 1 N–H and O–H groups in total. The van der Waals surface area contributed by atoms with Crippen molar-refractivity contribution in [3.8, 4) is 11.1 Å². The highest BCUT2D eigenvalue weighted by Gasteiger charge is 2.25. The molecule has 0 aliphatic rings. The minimum atomic E-state index is -1.84. The van der Waals surface area contributed by atoms with E-state index >= 15 is 0 Å². The number of nitrogens with one attached hydrogen (secondary N) is 1. The first-order valence-corrected chi connectivity index (χ1v) is 11.3. The lowest BCUT2D eigenvalue weighted by Gasteiger charge is -2.15. The van der Waals surface area contributed by atoms with Gasteiger partial charge in [-0.05, 0) is 45.8 Å². The molecule has 1 amide bonds. The lowest BCUT2D eigenvalue weighted by atomic mass is 10.1. The zero-order valence-electron chi connectivity index (χ0n) is 16.7. The lowest BCUT2D eigenvalue weighted by molar-refractivity contribution is 0.0956. The summed E-state index contributed by atoms with van der Waals surface area (Å²) in [4.78, 5) is 14.8. The van der Waals surface area contributed by atoms with E-state index in [2.05, 4.69) is 20.7 Å². The van der Waals surface area contributed by atoms with Crippen LogP contribution >= 0.6 is 15.9 Å². The molecule has 1 atom stereocenters. The van der Waals surface area contributed by atoms with E-state index in [9.17, 15) is 13.7 Å². The van der Waals surface area contributed by atoms with Crippen molar-refractivity contribution in [3.63, 3.8) is 0 Å². The molecule has 0 aliphatic heterocycles. The van der Waals surface area contributed by atoms with Gasteiger partial charge in [-0.15, -0.1) is 0 Å². The summed E-state index contributed by atoms with van der Waals surface area (Å²) in [6.07, 6.45) is 0. The Labute approximate surface area is 190 Å². The predicted molar refractivity (Wildman–Crippen MR) is 124 cm³/mol. The lowest BCUT2D eigenvalue weighted by Crippen LogP contribution is -2.30. The molecule has 0 saturated heterocycles. The number of anilines is 1. The SMILES string of the molecule is CN(C)c1c(Br)cc2cc(C(=O)N[S+]([O-])c3ccccc3-c3ccccc3)oc2c1F. The molecule has 158 valence electrons. The average molecular weight is 501 g/mol. The molecule has 5 nitrogen and oxygen atoms in total. The molecule has 0 fully saturated rings. The molecule has 0 bridgehead atoms. The summed E-state index contributed by atoms with van der Waals surface area (Å²) in [7, 11) is 3.41. The molecule has 1 unspecified atom stereocenters. The number of nitrogens with zero attached hydrogens (tertiary/aromatic N) is 1. The van der Waals surface area contributed by atoms with Gasteiger partial charge in [-0.3, -0.25) is 4.79 Å². The third-order valence-corrected chi connectivity index (χ3v) is 6.44. The smallest absolute Gasteiger partial charge is 0.328 e. The molecule has 0 saturated carbocycles. The molecule has 31 heavy (non-hydrogen) atoms. The maximum atomic E-state index is 14.9. The molecule has 0 aliphatic carbocycles. The van der Waals surface area contributed by atoms with Crippen molar-refractivity contribution in [1.82, 2.24) is 4.72 Å². The number of carbonyl (C=O) groups excluding carboxylic acids is 1. The molecule has 0 radical (unpaired) electrons. The van der Waals surface area contributed by atoms with E-state index in [1.165, 1.54) is 6.07 Å². The topological polar surface area (TPSA) is 68.5 Å². The third-order valence-electron chi connectivity index (χ3n) is 4.70. The molecule has 4 aromatic rings. The zero-order valence-corrected chi connectivity index (χ0v) is 19.1. The summed E-state index contributed by atoms with van der Waals surface area (Å²) in [6, 6.07) is 19.7. The molecular formula is C23H18BrFN2O3S. The maximum Gasteiger partial charge on any atom is 0.328 e. The van der Waals surface area contributed by atoms with E-state index in [1.807, 2.05) is 42.5 Å². The quantitative estimate of drug-likeness (QED) is 0.366. The first kappa shape index (κ1) is 21.4. The second-order valence-electron chi connectivity index (χ2n) is 7.01. The molecule has 1 aromatic heterocycles. The minimum Gasteiger partial charge on any atom is -0.588 e. The van der Waals surface area contributed by atoms with Crippen LogP contribution in [-0.2, 0) is 11.4 Å². The number of hydrogen-bond donors (Lipinski definition) is 1. The number of benzene rings is 3. The normalized spacial score (nSPS) is 12.0. The number of rotatable bonds is 5. The standard InChI is InChI=1S/C23H18BrFN2O3S/c1-27(2)21-17(24)12-15-13-18(30-22(15)20(21)25)23(28)26-31(29)19-11-7-6-10-16(19)14-8-4-3-5-9-14/h3-13H,1-2H3,(H,26,28). The van der Waals surface area contributed by atoms with Gasteiger partial charge in [0.1, 0.15) is 11.4 Å². The Morgan fingerprint density at radius 2 is 1.77 bits per heavy atom. The van der Waals surface area contributed by atoms with Crippen LogP contribution in [-0.4, -0.2) is 24.6 Å². The zero-order chi connectivity index (χ0) is 22.1. The van der Waals surface area contributed by atoms with Crippen molar-refractivity contribution < 1.29 is 18.2 Å². The van der Waals surface area contributed by atoms with Crippen LogP contribution in [0.15, 0.2) is 80.5 Å². The van der Waals surface area contributed by atoms with Gasteiger partial charge in [0.2, 0.25) is 0 Å². The van der Waals surface area contributed by atoms with E-state index in [0.717, 1.165) is 11.1 Å². The number of fused-ring (bicyclic) bond motifs is 1. The average Bonchev–Trinajstić information content (AvgIpc) is 3.18. The second-order valence-corrected chi connectivity index (χ2v) is 9.04. The fourth-order valence-electron chi connectivity index (χ4n) is 3.30. The van der Waals surface area contributed by atoms with Crippen LogP contribution < -0.4 is 9.62 Å². The Morgan fingerprint density at radius 3 is 2.48 bits per heavy atom. The Morgan fingerprint density at radius 1 is 1.10 bits per heavy atom. The van der Waals surface area contributed by atoms with Crippen molar-refractivity contribution in [3.05, 3.63) is 82.8 Å². The molecule has 1 heterocycles. The highest BCUT2D eigenvalue weighted by molar-refractivity contribution is 9.10. The molecule has 4 rings (SSSR count). The van der Waals surface area contributed by atoms with Gasteiger partial charge < -0.3 is 13.9 Å². The van der Waals surface area contributed by atoms with E-state index in [-0.39, 0.29) is 11.3 Å². The first-order valence-electron chi connectivity index (χ1n) is 9.33. The van der Waals surface area contributed by atoms with Crippen molar-refractivity contribution in [2.24, 2.45) is 0 Å². The number of amides is 1. The van der Waals surface area contributed by atoms with E-state index < -0.39 is 23.1 Å². The Bertz CT molecular complexity index is 1260. The van der Waals surface area contributed by atoms with Crippen LogP contribution in [0.4, 0.5) is 10.1 Å². The predicted octanol–water partition coefficient (Wildman–Crippen LogP) is 5.52. The maximum absolute atomic E-state index is 14.9. The summed E-state index contributed by atoms with van der Waals surface area (Å²) in [5.74, 6) is -1.40. The Hall–Kier alpha value is -2.81.